The van der Waals surface area contributed by atoms with E-state index in [1.165, 1.54) is 11.8 Å². The molecule has 0 bridgehead atoms. The summed E-state index contributed by atoms with van der Waals surface area (Å²) < 4.78 is 0. The highest BCUT2D eigenvalue weighted by Gasteiger charge is 2.35. The van der Waals surface area contributed by atoms with Crippen molar-refractivity contribution in [3.8, 4) is 0 Å². The first-order chi connectivity index (χ1) is 27.2. The quantitative estimate of drug-likeness (QED) is 0.0463. The zero-order valence-electron chi connectivity index (χ0n) is 33.7. The highest BCUT2D eigenvalue weighted by atomic mass is 16.4. The number of carboxylic acids is 1. The number of carbonyl (C=O) groups excluding carboxylic acids is 9. The van der Waals surface area contributed by atoms with Crippen molar-refractivity contribution < 1.29 is 58.2 Å². The van der Waals surface area contributed by atoms with Crippen molar-refractivity contribution in [2.45, 2.75) is 122 Å². The Bertz CT molecular complexity index is 1530. The summed E-state index contributed by atoms with van der Waals surface area (Å²) in [5, 5.41) is 39.0. The van der Waals surface area contributed by atoms with Gasteiger partial charge in [-0.3, -0.25) is 43.2 Å². The van der Waals surface area contributed by atoms with Gasteiger partial charge in [0.2, 0.25) is 53.2 Å². The molecule has 0 aromatic carbocycles. The Kier molecular flexibility index (Phi) is 20.0. The highest BCUT2D eigenvalue weighted by Crippen LogP contribution is 2.17. The second-order valence-electron chi connectivity index (χ2n) is 15.4. The fourth-order valence-electron chi connectivity index (χ4n) is 6.34. The number of primary amides is 1. The lowest BCUT2D eigenvalue weighted by molar-refractivity contribution is -0.148. The Labute approximate surface area is 336 Å². The SMILES string of the molecule is CC(C)C[C@H](NC(=O)CNC(=O)[C@H](CC(C)C)NC(=O)[C@H](CCC(N)=O)NC(=O)CNC(=O)[C@@H]1C[C@@H](O)CN1)C(=O)N[C@@H](C)C(=O)NCC(=O)N1CCC[C@H]1C(=O)O. The molecule has 2 rings (SSSR count). The van der Waals surface area contributed by atoms with Crippen LogP contribution in [0.1, 0.15) is 79.6 Å². The summed E-state index contributed by atoms with van der Waals surface area (Å²) in [6, 6.07) is -6.47. The fraction of sp³-hybridized carbons (Fsp3) is 0.722. The second kappa shape index (κ2) is 23.8. The van der Waals surface area contributed by atoms with Gasteiger partial charge in [0.15, 0.2) is 0 Å². The van der Waals surface area contributed by atoms with Crippen LogP contribution in [0.4, 0.5) is 0 Å². The van der Waals surface area contributed by atoms with E-state index in [-0.39, 0.29) is 57.0 Å². The number of nitrogens with one attached hydrogen (secondary N) is 8. The first-order valence-corrected chi connectivity index (χ1v) is 19.4. The molecule has 7 atom stereocenters. The number of carboxylic acid groups (broad SMARTS) is 1. The first-order valence-electron chi connectivity index (χ1n) is 19.4. The van der Waals surface area contributed by atoms with Gasteiger partial charge in [0.25, 0.3) is 0 Å². The summed E-state index contributed by atoms with van der Waals surface area (Å²) in [7, 11) is 0. The molecule has 0 spiro atoms. The zero-order valence-corrected chi connectivity index (χ0v) is 33.7. The number of nitrogens with two attached hydrogens (primary N) is 1. The van der Waals surface area contributed by atoms with E-state index in [1.807, 2.05) is 0 Å². The first kappa shape index (κ1) is 48.8. The number of nitrogens with zero attached hydrogens (tertiary/aromatic N) is 1. The number of aliphatic carboxylic acids is 1. The summed E-state index contributed by atoms with van der Waals surface area (Å²) in [5.41, 5.74) is 5.26. The molecule has 0 unspecified atom stereocenters. The van der Waals surface area contributed by atoms with Gasteiger partial charge in [0.1, 0.15) is 30.2 Å². The Balaban J connectivity index is 1.98. The van der Waals surface area contributed by atoms with E-state index in [0.29, 0.717) is 12.8 Å². The maximum atomic E-state index is 13.4. The molecule has 0 radical (unpaired) electrons. The molecule has 326 valence electrons. The van der Waals surface area contributed by atoms with Crippen molar-refractivity contribution >= 4 is 59.1 Å². The molecular weight excluding hydrogens is 764 g/mol. The molecular formula is C36H60N10O12. The lowest BCUT2D eigenvalue weighted by Gasteiger charge is -2.25. The van der Waals surface area contributed by atoms with Crippen LogP contribution in [0.3, 0.4) is 0 Å². The largest absolute Gasteiger partial charge is 0.480 e. The van der Waals surface area contributed by atoms with Gasteiger partial charge in [-0.25, -0.2) is 4.79 Å². The summed E-state index contributed by atoms with van der Waals surface area (Å²) in [5.74, 6) is -7.78. The number of amides is 9. The number of rotatable bonds is 23. The van der Waals surface area contributed by atoms with Gasteiger partial charge in [0, 0.05) is 19.5 Å². The molecule has 12 N–H and O–H groups in total. The van der Waals surface area contributed by atoms with Crippen molar-refractivity contribution in [1.82, 2.24) is 47.4 Å². The molecule has 22 heteroatoms. The van der Waals surface area contributed by atoms with Gasteiger partial charge in [-0.05, 0) is 57.3 Å². The third-order valence-electron chi connectivity index (χ3n) is 9.32. The Morgan fingerprint density at radius 3 is 1.83 bits per heavy atom. The van der Waals surface area contributed by atoms with Crippen molar-refractivity contribution in [3.05, 3.63) is 0 Å². The second-order valence-corrected chi connectivity index (χ2v) is 15.4. The van der Waals surface area contributed by atoms with Gasteiger partial charge < -0.3 is 63.4 Å². The topological polar surface area (TPSA) is 337 Å². The smallest absolute Gasteiger partial charge is 0.326 e. The number of aliphatic hydroxyl groups excluding tert-OH is 1. The predicted octanol–water partition coefficient (Wildman–Crippen LogP) is -4.55. The maximum absolute atomic E-state index is 13.4. The number of hydrogen-bond acceptors (Lipinski definition) is 12. The highest BCUT2D eigenvalue weighted by molar-refractivity contribution is 5.96. The molecule has 2 fully saturated rings. The minimum atomic E-state index is -1.33. The van der Waals surface area contributed by atoms with E-state index >= 15 is 0 Å². The minimum absolute atomic E-state index is 0.0988. The molecule has 9 amide bonds. The van der Waals surface area contributed by atoms with Crippen LogP contribution in [0.25, 0.3) is 0 Å². The van der Waals surface area contributed by atoms with Crippen molar-refractivity contribution in [1.29, 1.82) is 0 Å². The van der Waals surface area contributed by atoms with Gasteiger partial charge >= 0.3 is 5.97 Å². The van der Waals surface area contributed by atoms with Gasteiger partial charge in [-0.2, -0.15) is 0 Å². The van der Waals surface area contributed by atoms with Crippen molar-refractivity contribution in [3.63, 3.8) is 0 Å². The maximum Gasteiger partial charge on any atom is 0.326 e. The molecule has 2 saturated heterocycles. The van der Waals surface area contributed by atoms with E-state index in [1.54, 1.807) is 27.7 Å². The molecule has 0 aliphatic carbocycles. The molecule has 2 heterocycles. The zero-order chi connectivity index (χ0) is 43.7. The van der Waals surface area contributed by atoms with Crippen LogP contribution >= 0.6 is 0 Å². The van der Waals surface area contributed by atoms with Gasteiger partial charge in [-0.15, -0.1) is 0 Å². The average molecular weight is 825 g/mol. The van der Waals surface area contributed by atoms with E-state index in [2.05, 4.69) is 42.5 Å². The predicted molar refractivity (Wildman–Crippen MR) is 205 cm³/mol. The summed E-state index contributed by atoms with van der Waals surface area (Å²) >= 11 is 0. The van der Waals surface area contributed by atoms with Gasteiger partial charge in [0.05, 0.1) is 31.8 Å². The number of β-amino-alcohol motifs (C(OH)–C–C–N with tert-alkyl or cyclic N) is 1. The third kappa shape index (κ3) is 17.0. The molecule has 22 nitrogen and oxygen atoms in total. The Hall–Kier alpha value is -5.38. The molecule has 58 heavy (non-hydrogen) atoms. The molecule has 2 aliphatic heterocycles. The number of aliphatic hydroxyl groups is 1. The average Bonchev–Trinajstić information content (AvgIpc) is 3.82. The number of carbonyl (C=O) groups is 10. The summed E-state index contributed by atoms with van der Waals surface area (Å²) in [4.78, 5) is 127. The number of hydrogen-bond donors (Lipinski definition) is 11. The molecule has 2 aliphatic rings. The van der Waals surface area contributed by atoms with E-state index in [4.69, 9.17) is 5.73 Å². The van der Waals surface area contributed by atoms with Crippen LogP contribution < -0.4 is 48.3 Å². The molecule has 0 aromatic heterocycles. The van der Waals surface area contributed by atoms with Crippen LogP contribution in [-0.4, -0.2) is 149 Å². The van der Waals surface area contributed by atoms with E-state index in [9.17, 15) is 58.2 Å². The van der Waals surface area contributed by atoms with Crippen molar-refractivity contribution in [2.24, 2.45) is 17.6 Å². The van der Waals surface area contributed by atoms with Crippen LogP contribution in [0.15, 0.2) is 0 Å². The molecule has 0 saturated carbocycles. The van der Waals surface area contributed by atoms with Crippen LogP contribution in [0.2, 0.25) is 0 Å². The van der Waals surface area contributed by atoms with Crippen LogP contribution in [-0.2, 0) is 47.9 Å². The monoisotopic (exact) mass is 824 g/mol. The normalized spacial score (nSPS) is 19.6. The Morgan fingerprint density at radius 2 is 1.28 bits per heavy atom. The Morgan fingerprint density at radius 1 is 0.724 bits per heavy atom. The van der Waals surface area contributed by atoms with Crippen molar-refractivity contribution in [2.75, 3.05) is 32.7 Å². The van der Waals surface area contributed by atoms with E-state index < -0.39 is 121 Å². The molecule has 0 aromatic rings. The van der Waals surface area contributed by atoms with Crippen LogP contribution in [0, 0.1) is 11.8 Å². The van der Waals surface area contributed by atoms with E-state index in [0.717, 1.165) is 0 Å². The summed E-state index contributed by atoms with van der Waals surface area (Å²) in [6.07, 6.45) is 0.0246. The fourth-order valence-corrected chi connectivity index (χ4v) is 6.34. The lowest BCUT2D eigenvalue weighted by atomic mass is 10.0. The van der Waals surface area contributed by atoms with Crippen LogP contribution in [0.5, 0.6) is 0 Å². The standard InChI is InChI=1S/C36H60N10O12/c1-18(2)11-24(45-34(55)22(8-9-27(37)48)43-28(49)15-39-32(53)23-13-21(47)14-38-23)33(54)40-16-29(50)44-25(12-19(3)4)35(56)42-20(5)31(52)41-17-30(51)46-10-6-7-26(46)36(57)58/h18-26,38,47H,6-17H2,1-5H3,(H2,37,48)(H,39,53)(H,40,54)(H,41,52)(H,42,56)(H,43,49)(H,44,50)(H,45,55)(H,57,58)/t20-,21+,22-,23-,24-,25-,26-/m0/s1. The summed E-state index contributed by atoms with van der Waals surface area (Å²) in [6.45, 7) is 7.40. The third-order valence-corrected chi connectivity index (χ3v) is 9.32. The van der Waals surface area contributed by atoms with Gasteiger partial charge in [-0.1, -0.05) is 27.7 Å². The number of likely N-dealkylation sites (tertiary alicyclic amines) is 1. The lowest BCUT2D eigenvalue weighted by Crippen LogP contribution is -2.57. The minimum Gasteiger partial charge on any atom is -0.480 e.